The predicted molar refractivity (Wildman–Crippen MR) is 288 cm³/mol. The molecule has 0 fully saturated rings. The van der Waals surface area contributed by atoms with Crippen molar-refractivity contribution in [2.24, 2.45) is 0 Å². The van der Waals surface area contributed by atoms with Gasteiger partial charge in [0.15, 0.2) is 6.10 Å². The van der Waals surface area contributed by atoms with Gasteiger partial charge in [-0.25, -0.2) is 0 Å². The molecule has 0 radical (unpaired) electrons. The molecular weight excluding hydrogens is 813 g/mol. The van der Waals surface area contributed by atoms with Crippen LogP contribution in [0.25, 0.3) is 0 Å². The molecule has 378 valence electrons. The van der Waals surface area contributed by atoms with Crippen LogP contribution in [0.2, 0.25) is 0 Å². The van der Waals surface area contributed by atoms with Crippen molar-refractivity contribution in [3.63, 3.8) is 0 Å². The van der Waals surface area contributed by atoms with Gasteiger partial charge in [-0.05, 0) is 77.0 Å². The quantitative estimate of drug-likeness (QED) is 0.0374. The van der Waals surface area contributed by atoms with Crippen molar-refractivity contribution >= 4 is 11.9 Å². The fraction of sp³-hybridized carbons (Fsp3) is 0.705. The largest absolute Gasteiger partial charge is 0.462 e. The van der Waals surface area contributed by atoms with Crippen LogP contribution < -0.4 is 0 Å². The summed E-state index contributed by atoms with van der Waals surface area (Å²) in [5, 5.41) is 9.63. The average Bonchev–Trinajstić information content (AvgIpc) is 3.32. The van der Waals surface area contributed by atoms with Crippen LogP contribution >= 0.6 is 0 Å². The molecule has 5 heteroatoms. The summed E-state index contributed by atoms with van der Waals surface area (Å²) in [5.41, 5.74) is 0. The van der Waals surface area contributed by atoms with Crippen molar-refractivity contribution in [3.8, 4) is 0 Å². The first-order valence-corrected chi connectivity index (χ1v) is 27.8. The van der Waals surface area contributed by atoms with Gasteiger partial charge in [-0.1, -0.05) is 265 Å². The number of esters is 2. The third kappa shape index (κ3) is 53.4. The van der Waals surface area contributed by atoms with Crippen LogP contribution in [0.15, 0.2) is 97.2 Å². The van der Waals surface area contributed by atoms with Crippen LogP contribution in [0, 0.1) is 0 Å². The standard InChI is InChI=1S/C61H104O5/c1-3-5-7-9-11-13-15-17-19-20-21-22-23-24-25-26-27-28-29-30-31-32-33-34-35-36-37-38-39-40-42-44-46-48-50-52-54-56-61(64)66-59(57-62)58-65-60(63)55-53-51-49-47-45-43-41-18-16-14-12-10-8-6-4-2/h5,7,11,13,17,19,21-22,24-25,27-28,30-31,33-34,59,62H,3-4,6,8-10,12,14-16,18,20,23,26,29,32,35-58H2,1-2H3/b7-5-,13-11-,19-17-,22-21-,25-24-,28-27-,31-30-,34-33-. The summed E-state index contributed by atoms with van der Waals surface area (Å²) in [4.78, 5) is 24.4. The van der Waals surface area contributed by atoms with Crippen molar-refractivity contribution in [2.75, 3.05) is 13.2 Å². The van der Waals surface area contributed by atoms with E-state index in [4.69, 9.17) is 9.47 Å². The molecule has 0 aliphatic heterocycles. The molecule has 0 aliphatic rings. The van der Waals surface area contributed by atoms with E-state index in [1.807, 2.05) is 0 Å². The average molecular weight is 917 g/mol. The molecule has 0 aromatic carbocycles. The normalized spacial score (nSPS) is 13.0. The van der Waals surface area contributed by atoms with Gasteiger partial charge in [0.05, 0.1) is 6.61 Å². The molecule has 0 amide bonds. The molecule has 1 N–H and O–H groups in total. The molecule has 0 spiro atoms. The number of rotatable bonds is 50. The Kier molecular flexibility index (Phi) is 53.4. The molecular formula is C61H104O5. The summed E-state index contributed by atoms with van der Waals surface area (Å²) < 4.78 is 10.7. The number of carbonyl (C=O) groups excluding carboxylic acids is 2. The maximum atomic E-state index is 12.3. The highest BCUT2D eigenvalue weighted by molar-refractivity contribution is 5.70. The molecule has 0 heterocycles. The molecule has 0 aromatic rings. The van der Waals surface area contributed by atoms with Gasteiger partial charge in [0.2, 0.25) is 0 Å². The van der Waals surface area contributed by atoms with Crippen LogP contribution in [0.5, 0.6) is 0 Å². The highest BCUT2D eigenvalue weighted by Gasteiger charge is 2.16. The van der Waals surface area contributed by atoms with Gasteiger partial charge in [0.25, 0.3) is 0 Å². The second-order valence-corrected chi connectivity index (χ2v) is 18.3. The summed E-state index contributed by atoms with van der Waals surface area (Å²) >= 11 is 0. The van der Waals surface area contributed by atoms with Crippen LogP contribution in [0.4, 0.5) is 0 Å². The number of allylic oxidation sites excluding steroid dienone is 16. The highest BCUT2D eigenvalue weighted by Crippen LogP contribution is 2.16. The van der Waals surface area contributed by atoms with Gasteiger partial charge >= 0.3 is 11.9 Å². The second kappa shape index (κ2) is 56.1. The van der Waals surface area contributed by atoms with E-state index in [2.05, 4.69) is 111 Å². The van der Waals surface area contributed by atoms with E-state index < -0.39 is 6.10 Å². The molecule has 0 rings (SSSR count). The third-order valence-electron chi connectivity index (χ3n) is 11.9. The van der Waals surface area contributed by atoms with Gasteiger partial charge in [0.1, 0.15) is 6.61 Å². The number of hydrogen-bond donors (Lipinski definition) is 1. The van der Waals surface area contributed by atoms with E-state index in [1.54, 1.807) is 0 Å². The Bertz CT molecular complexity index is 1270. The molecule has 1 unspecified atom stereocenters. The lowest BCUT2D eigenvalue weighted by Crippen LogP contribution is -2.28. The molecule has 0 saturated heterocycles. The maximum Gasteiger partial charge on any atom is 0.306 e. The lowest BCUT2D eigenvalue weighted by molar-refractivity contribution is -0.161. The van der Waals surface area contributed by atoms with Gasteiger partial charge in [0, 0.05) is 12.8 Å². The number of ether oxygens (including phenoxy) is 2. The molecule has 66 heavy (non-hydrogen) atoms. The Balaban J connectivity index is 3.53. The summed E-state index contributed by atoms with van der Waals surface area (Å²) in [6, 6.07) is 0. The third-order valence-corrected chi connectivity index (χ3v) is 11.9. The Morgan fingerprint density at radius 2 is 0.652 bits per heavy atom. The van der Waals surface area contributed by atoms with Crippen LogP contribution in [0.1, 0.15) is 258 Å². The fourth-order valence-corrected chi connectivity index (χ4v) is 7.75. The van der Waals surface area contributed by atoms with Gasteiger partial charge in [-0.3, -0.25) is 9.59 Å². The first-order chi connectivity index (χ1) is 32.6. The highest BCUT2D eigenvalue weighted by atomic mass is 16.6. The van der Waals surface area contributed by atoms with Crippen molar-refractivity contribution in [3.05, 3.63) is 97.2 Å². The summed E-state index contributed by atoms with van der Waals surface area (Å²) in [7, 11) is 0. The molecule has 5 nitrogen and oxygen atoms in total. The number of aliphatic hydroxyl groups is 1. The Hall–Kier alpha value is -3.18. The number of carbonyl (C=O) groups is 2. The monoisotopic (exact) mass is 917 g/mol. The van der Waals surface area contributed by atoms with E-state index >= 15 is 0 Å². The Morgan fingerprint density at radius 3 is 0.985 bits per heavy atom. The van der Waals surface area contributed by atoms with E-state index in [1.165, 1.54) is 141 Å². The zero-order chi connectivity index (χ0) is 47.7. The lowest BCUT2D eigenvalue weighted by Gasteiger charge is -2.15. The van der Waals surface area contributed by atoms with Crippen LogP contribution in [-0.2, 0) is 19.1 Å². The lowest BCUT2D eigenvalue weighted by atomic mass is 10.0. The van der Waals surface area contributed by atoms with E-state index in [9.17, 15) is 14.7 Å². The molecule has 0 saturated carbocycles. The summed E-state index contributed by atoms with van der Waals surface area (Å²) in [5.74, 6) is -0.588. The zero-order valence-electron chi connectivity index (χ0n) is 43.2. The minimum absolute atomic E-state index is 0.0666. The van der Waals surface area contributed by atoms with E-state index in [0.29, 0.717) is 12.8 Å². The molecule has 1 atom stereocenters. The van der Waals surface area contributed by atoms with Gasteiger partial charge in [-0.2, -0.15) is 0 Å². The van der Waals surface area contributed by atoms with Crippen LogP contribution in [-0.4, -0.2) is 36.4 Å². The molecule has 0 aliphatic carbocycles. The van der Waals surface area contributed by atoms with Crippen LogP contribution in [0.3, 0.4) is 0 Å². The maximum absolute atomic E-state index is 12.3. The topological polar surface area (TPSA) is 72.8 Å². The zero-order valence-corrected chi connectivity index (χ0v) is 43.2. The summed E-state index contributed by atoms with van der Waals surface area (Å²) in [6.45, 7) is 4.04. The Labute approximate surface area is 408 Å². The van der Waals surface area contributed by atoms with Crippen molar-refractivity contribution in [1.29, 1.82) is 0 Å². The van der Waals surface area contributed by atoms with E-state index in [-0.39, 0.29) is 25.2 Å². The van der Waals surface area contributed by atoms with Gasteiger partial charge < -0.3 is 14.6 Å². The van der Waals surface area contributed by atoms with Crippen molar-refractivity contribution in [2.45, 2.75) is 264 Å². The molecule has 0 aromatic heterocycles. The van der Waals surface area contributed by atoms with Crippen molar-refractivity contribution in [1.82, 2.24) is 0 Å². The first kappa shape index (κ1) is 62.8. The van der Waals surface area contributed by atoms with Gasteiger partial charge in [-0.15, -0.1) is 0 Å². The smallest absolute Gasteiger partial charge is 0.306 e. The fourth-order valence-electron chi connectivity index (χ4n) is 7.75. The van der Waals surface area contributed by atoms with E-state index in [0.717, 1.165) is 89.9 Å². The van der Waals surface area contributed by atoms with Crippen molar-refractivity contribution < 1.29 is 24.2 Å². The minimum atomic E-state index is -0.775. The molecule has 0 bridgehead atoms. The minimum Gasteiger partial charge on any atom is -0.462 e. The number of unbranched alkanes of at least 4 members (excludes halogenated alkanes) is 26. The number of aliphatic hydroxyl groups excluding tert-OH is 1. The SMILES string of the molecule is CC/C=C\C/C=C\C/C=C\C/C=C\C/C=C\C/C=C\C/C=C\C/C=C\CCCCCCCCCCCCCCC(=O)OC(CO)COC(=O)CCCCCCCCCCCCCCCCC. The second-order valence-electron chi connectivity index (χ2n) is 18.3. The summed E-state index contributed by atoms with van der Waals surface area (Å²) in [6.07, 6.45) is 79.5. The Morgan fingerprint density at radius 1 is 0.364 bits per heavy atom. The predicted octanol–water partition coefficient (Wildman–Crippen LogP) is 18.7. The first-order valence-electron chi connectivity index (χ1n) is 27.8. The number of hydrogen-bond acceptors (Lipinski definition) is 5.